The summed E-state index contributed by atoms with van der Waals surface area (Å²) in [4.78, 5) is 24.8. The van der Waals surface area contributed by atoms with Crippen LogP contribution >= 0.6 is 0 Å². The van der Waals surface area contributed by atoms with Crippen molar-refractivity contribution >= 4 is 5.95 Å². The molecule has 1 atom stereocenters. The highest BCUT2D eigenvalue weighted by molar-refractivity contribution is 5.35. The summed E-state index contributed by atoms with van der Waals surface area (Å²) in [5.74, 6) is 1.12. The van der Waals surface area contributed by atoms with Crippen LogP contribution in [-0.2, 0) is 19.5 Å². The molecule has 1 N–H and O–H groups in total. The summed E-state index contributed by atoms with van der Waals surface area (Å²) in [6.07, 6.45) is 3.07. The van der Waals surface area contributed by atoms with E-state index in [4.69, 9.17) is 4.98 Å². The lowest BCUT2D eigenvalue weighted by atomic mass is 10.0. The summed E-state index contributed by atoms with van der Waals surface area (Å²) >= 11 is 0. The molecule has 2 aromatic rings. The summed E-state index contributed by atoms with van der Waals surface area (Å²) in [6.45, 7) is 6.35. The molecule has 5 nitrogen and oxygen atoms in total. The van der Waals surface area contributed by atoms with E-state index in [1.807, 2.05) is 12.1 Å². The third kappa shape index (κ3) is 3.65. The monoisotopic (exact) mass is 356 g/mol. The minimum absolute atomic E-state index is 0.00431. The van der Waals surface area contributed by atoms with Crippen LogP contribution in [0.1, 0.15) is 36.6 Å². The number of piperidine rings is 1. The minimum Gasteiger partial charge on any atom is -0.342 e. The van der Waals surface area contributed by atoms with E-state index in [1.165, 1.54) is 18.6 Å². The molecule has 0 unspecified atom stereocenters. The van der Waals surface area contributed by atoms with Gasteiger partial charge in [0.2, 0.25) is 5.95 Å². The van der Waals surface area contributed by atoms with E-state index >= 15 is 0 Å². The van der Waals surface area contributed by atoms with Gasteiger partial charge in [-0.25, -0.2) is 9.37 Å². The topological polar surface area (TPSA) is 52.2 Å². The van der Waals surface area contributed by atoms with Crippen LogP contribution in [0, 0.1) is 11.7 Å². The van der Waals surface area contributed by atoms with Gasteiger partial charge in [0.25, 0.3) is 5.56 Å². The summed E-state index contributed by atoms with van der Waals surface area (Å²) in [5, 5.41) is 0. The molecule has 0 radical (unpaired) electrons. The van der Waals surface area contributed by atoms with Crippen molar-refractivity contribution in [1.29, 1.82) is 0 Å². The van der Waals surface area contributed by atoms with Crippen molar-refractivity contribution in [3.8, 4) is 0 Å². The number of fused-ring (bicyclic) bond motifs is 1. The first-order chi connectivity index (χ1) is 12.6. The molecule has 0 amide bonds. The predicted molar refractivity (Wildman–Crippen MR) is 99.7 cm³/mol. The average molecular weight is 356 g/mol. The van der Waals surface area contributed by atoms with Crippen molar-refractivity contribution in [1.82, 2.24) is 14.9 Å². The Balaban J connectivity index is 1.53. The van der Waals surface area contributed by atoms with Crippen molar-refractivity contribution < 1.29 is 4.39 Å². The molecule has 1 aromatic carbocycles. The van der Waals surface area contributed by atoms with Gasteiger partial charge in [-0.05, 0) is 42.9 Å². The number of aromatic nitrogens is 2. The van der Waals surface area contributed by atoms with Gasteiger partial charge in [0.15, 0.2) is 0 Å². The van der Waals surface area contributed by atoms with E-state index in [0.717, 1.165) is 49.4 Å². The molecule has 138 valence electrons. The standard InChI is InChI=1S/C20H25FN4O/c1-14-3-2-9-25(11-14)20-22-18-13-24(10-8-17(18)19(26)23-20)12-15-4-6-16(21)7-5-15/h4-7,14H,2-3,8-13H2,1H3,(H,22,23,26)/t14-/m1/s1. The van der Waals surface area contributed by atoms with Crippen LogP contribution in [0.15, 0.2) is 29.1 Å². The zero-order chi connectivity index (χ0) is 18.1. The van der Waals surface area contributed by atoms with E-state index < -0.39 is 0 Å². The second-order valence-corrected chi connectivity index (χ2v) is 7.60. The summed E-state index contributed by atoms with van der Waals surface area (Å²) in [5.41, 5.74) is 2.78. The molecule has 1 fully saturated rings. The first-order valence-electron chi connectivity index (χ1n) is 9.42. The SMILES string of the molecule is C[C@@H]1CCCN(c2nc3c(c(=O)[nH]2)CCN(Cc2ccc(F)cc2)C3)C1. The van der Waals surface area contributed by atoms with Gasteiger partial charge < -0.3 is 4.90 Å². The molecule has 4 rings (SSSR count). The van der Waals surface area contributed by atoms with Crippen LogP contribution in [0.5, 0.6) is 0 Å². The fourth-order valence-electron chi connectivity index (χ4n) is 4.00. The zero-order valence-electron chi connectivity index (χ0n) is 15.2. The third-order valence-electron chi connectivity index (χ3n) is 5.42. The minimum atomic E-state index is -0.216. The van der Waals surface area contributed by atoms with Crippen LogP contribution in [0.3, 0.4) is 0 Å². The Bertz CT molecular complexity index is 833. The highest BCUT2D eigenvalue weighted by Gasteiger charge is 2.24. The van der Waals surface area contributed by atoms with Crippen LogP contribution in [-0.4, -0.2) is 34.5 Å². The van der Waals surface area contributed by atoms with E-state index in [2.05, 4.69) is 21.7 Å². The van der Waals surface area contributed by atoms with Gasteiger partial charge in [0.1, 0.15) is 5.82 Å². The maximum Gasteiger partial charge on any atom is 0.255 e. The van der Waals surface area contributed by atoms with Gasteiger partial charge in [0.05, 0.1) is 5.69 Å². The second-order valence-electron chi connectivity index (χ2n) is 7.60. The molecule has 1 aromatic heterocycles. The Morgan fingerprint density at radius 1 is 1.27 bits per heavy atom. The van der Waals surface area contributed by atoms with E-state index in [0.29, 0.717) is 24.8 Å². The van der Waals surface area contributed by atoms with Gasteiger partial charge in [0, 0.05) is 38.3 Å². The molecular formula is C20H25FN4O. The second kappa shape index (κ2) is 7.19. The van der Waals surface area contributed by atoms with E-state index in [-0.39, 0.29) is 11.4 Å². The molecule has 0 saturated carbocycles. The first-order valence-corrected chi connectivity index (χ1v) is 9.42. The maximum absolute atomic E-state index is 13.1. The van der Waals surface area contributed by atoms with Crippen molar-refractivity contribution in [2.45, 2.75) is 39.3 Å². The first kappa shape index (κ1) is 17.2. The summed E-state index contributed by atoms with van der Waals surface area (Å²) in [7, 11) is 0. The normalized spacial score (nSPS) is 20.8. The van der Waals surface area contributed by atoms with Crippen molar-refractivity contribution in [3.05, 3.63) is 57.3 Å². The van der Waals surface area contributed by atoms with Gasteiger partial charge in [-0.1, -0.05) is 19.1 Å². The fraction of sp³-hybridized carbons (Fsp3) is 0.500. The van der Waals surface area contributed by atoms with Crippen LogP contribution < -0.4 is 10.5 Å². The van der Waals surface area contributed by atoms with Crippen LogP contribution in [0.4, 0.5) is 10.3 Å². The molecule has 0 aliphatic carbocycles. The van der Waals surface area contributed by atoms with Gasteiger partial charge in [-0.2, -0.15) is 0 Å². The summed E-state index contributed by atoms with van der Waals surface area (Å²) in [6, 6.07) is 6.62. The molecule has 2 aliphatic heterocycles. The lowest BCUT2D eigenvalue weighted by molar-refractivity contribution is 0.240. The molecule has 0 bridgehead atoms. The number of rotatable bonds is 3. The van der Waals surface area contributed by atoms with Crippen molar-refractivity contribution in [3.63, 3.8) is 0 Å². The number of nitrogens with zero attached hydrogens (tertiary/aromatic N) is 3. The smallest absolute Gasteiger partial charge is 0.255 e. The molecule has 2 aliphatic rings. The number of hydrogen-bond acceptors (Lipinski definition) is 4. The van der Waals surface area contributed by atoms with Crippen molar-refractivity contribution in [2.24, 2.45) is 5.92 Å². The largest absolute Gasteiger partial charge is 0.342 e. The van der Waals surface area contributed by atoms with Crippen molar-refractivity contribution in [2.75, 3.05) is 24.5 Å². The number of H-pyrrole nitrogens is 1. The Morgan fingerprint density at radius 3 is 2.85 bits per heavy atom. The lowest BCUT2D eigenvalue weighted by Gasteiger charge is -2.33. The van der Waals surface area contributed by atoms with Gasteiger partial charge in [-0.3, -0.25) is 14.7 Å². The number of halogens is 1. The highest BCUT2D eigenvalue weighted by atomic mass is 19.1. The predicted octanol–water partition coefficient (Wildman–Crippen LogP) is 2.70. The molecular weight excluding hydrogens is 331 g/mol. The Kier molecular flexibility index (Phi) is 4.76. The van der Waals surface area contributed by atoms with Crippen LogP contribution in [0.2, 0.25) is 0 Å². The number of benzene rings is 1. The van der Waals surface area contributed by atoms with Crippen LogP contribution in [0.25, 0.3) is 0 Å². The number of hydrogen-bond donors (Lipinski definition) is 1. The Hall–Kier alpha value is -2.21. The molecule has 3 heterocycles. The van der Waals surface area contributed by atoms with E-state index in [1.54, 1.807) is 0 Å². The Labute approximate surface area is 152 Å². The lowest BCUT2D eigenvalue weighted by Crippen LogP contribution is -2.39. The zero-order valence-corrected chi connectivity index (χ0v) is 15.2. The molecule has 26 heavy (non-hydrogen) atoms. The maximum atomic E-state index is 13.1. The van der Waals surface area contributed by atoms with E-state index in [9.17, 15) is 9.18 Å². The number of nitrogens with one attached hydrogen (secondary N) is 1. The molecule has 1 saturated heterocycles. The third-order valence-corrected chi connectivity index (χ3v) is 5.42. The highest BCUT2D eigenvalue weighted by Crippen LogP contribution is 2.22. The number of anilines is 1. The molecule has 6 heteroatoms. The average Bonchev–Trinajstić information content (AvgIpc) is 2.63. The Morgan fingerprint density at radius 2 is 2.08 bits per heavy atom. The van der Waals surface area contributed by atoms with Gasteiger partial charge >= 0.3 is 0 Å². The fourth-order valence-corrected chi connectivity index (χ4v) is 4.00. The summed E-state index contributed by atoms with van der Waals surface area (Å²) < 4.78 is 13.1. The van der Waals surface area contributed by atoms with Gasteiger partial charge in [-0.15, -0.1) is 0 Å². The quantitative estimate of drug-likeness (QED) is 0.919. The molecule has 0 spiro atoms. The number of aromatic amines is 1.